The number of hydrogen-bond acceptors (Lipinski definition) is 5. The maximum absolute atomic E-state index is 10.9. The fourth-order valence-corrected chi connectivity index (χ4v) is 2.85. The number of carboxylic acid groups (broad SMARTS) is 1. The van der Waals surface area contributed by atoms with Crippen LogP contribution < -0.4 is 4.90 Å². The molecule has 2 unspecified atom stereocenters. The van der Waals surface area contributed by atoms with Crippen LogP contribution in [0.25, 0.3) is 0 Å². The molecule has 1 fully saturated rings. The molecule has 0 aromatic carbocycles. The van der Waals surface area contributed by atoms with Crippen LogP contribution in [0.4, 0.5) is 5.95 Å². The Hall–Kier alpha value is -2.16. The van der Waals surface area contributed by atoms with E-state index in [9.17, 15) is 4.79 Å². The summed E-state index contributed by atoms with van der Waals surface area (Å²) in [6.07, 6.45) is 2.21. The van der Waals surface area contributed by atoms with Gasteiger partial charge in [-0.15, -0.1) is 0 Å². The highest BCUT2D eigenvalue weighted by Crippen LogP contribution is 2.28. The first-order chi connectivity index (χ1) is 9.99. The number of carboxylic acids is 1. The molecule has 6 nitrogen and oxygen atoms in total. The van der Waals surface area contributed by atoms with Crippen molar-refractivity contribution in [2.45, 2.75) is 33.1 Å². The minimum absolute atomic E-state index is 0.130. The molecule has 0 bridgehead atoms. The van der Waals surface area contributed by atoms with Crippen LogP contribution in [0, 0.1) is 30.1 Å². The Labute approximate surface area is 124 Å². The molecule has 0 amide bonds. The van der Waals surface area contributed by atoms with Crippen molar-refractivity contribution in [2.24, 2.45) is 11.8 Å². The van der Waals surface area contributed by atoms with Crippen molar-refractivity contribution < 1.29 is 9.90 Å². The van der Waals surface area contributed by atoms with Gasteiger partial charge in [0, 0.05) is 25.2 Å². The molecule has 1 aliphatic heterocycles. The number of aryl methyl sites for hydroxylation is 1. The number of anilines is 1. The predicted molar refractivity (Wildman–Crippen MR) is 77.8 cm³/mol. The maximum Gasteiger partial charge on any atom is 0.303 e. The van der Waals surface area contributed by atoms with E-state index < -0.39 is 5.97 Å². The van der Waals surface area contributed by atoms with E-state index in [4.69, 9.17) is 10.4 Å². The van der Waals surface area contributed by atoms with E-state index in [0.717, 1.165) is 31.6 Å². The number of piperidine rings is 1. The van der Waals surface area contributed by atoms with Gasteiger partial charge >= 0.3 is 5.97 Å². The van der Waals surface area contributed by atoms with Gasteiger partial charge in [0.25, 0.3) is 0 Å². The summed E-state index contributed by atoms with van der Waals surface area (Å²) in [4.78, 5) is 21.6. The highest BCUT2D eigenvalue weighted by atomic mass is 16.4. The molecular formula is C15H20N4O2. The van der Waals surface area contributed by atoms with E-state index in [1.807, 2.05) is 13.8 Å². The van der Waals surface area contributed by atoms with Crippen LogP contribution in [0.3, 0.4) is 0 Å². The van der Waals surface area contributed by atoms with Gasteiger partial charge in [-0.25, -0.2) is 9.97 Å². The van der Waals surface area contributed by atoms with Crippen LogP contribution in [0.5, 0.6) is 0 Å². The van der Waals surface area contributed by atoms with E-state index in [1.165, 1.54) is 0 Å². The molecule has 1 aromatic rings. The first kappa shape index (κ1) is 15.2. The summed E-state index contributed by atoms with van der Waals surface area (Å²) in [5.74, 6) is 0.284. The summed E-state index contributed by atoms with van der Waals surface area (Å²) in [6, 6.07) is 3.72. The summed E-state index contributed by atoms with van der Waals surface area (Å²) >= 11 is 0. The number of aliphatic carboxylic acids is 1. The van der Waals surface area contributed by atoms with E-state index in [1.54, 1.807) is 6.07 Å². The Balaban J connectivity index is 2.12. The molecule has 1 aromatic heterocycles. The monoisotopic (exact) mass is 288 g/mol. The molecular weight excluding hydrogens is 268 g/mol. The van der Waals surface area contributed by atoms with Gasteiger partial charge in [0.2, 0.25) is 5.95 Å². The Morgan fingerprint density at radius 1 is 1.62 bits per heavy atom. The van der Waals surface area contributed by atoms with Crippen molar-refractivity contribution in [3.8, 4) is 6.07 Å². The minimum atomic E-state index is -0.752. The molecule has 21 heavy (non-hydrogen) atoms. The van der Waals surface area contributed by atoms with E-state index in [0.29, 0.717) is 17.6 Å². The van der Waals surface area contributed by atoms with E-state index >= 15 is 0 Å². The number of nitriles is 1. The molecule has 2 heterocycles. The van der Waals surface area contributed by atoms with Crippen molar-refractivity contribution in [3.05, 3.63) is 17.5 Å². The largest absolute Gasteiger partial charge is 0.481 e. The molecule has 6 heteroatoms. The van der Waals surface area contributed by atoms with Crippen LogP contribution in [0.1, 0.15) is 37.6 Å². The predicted octanol–water partition coefficient (Wildman–Crippen LogP) is 1.98. The summed E-state index contributed by atoms with van der Waals surface area (Å²) in [5, 5.41) is 17.9. The topological polar surface area (TPSA) is 90.1 Å². The molecule has 1 aliphatic rings. The highest BCUT2D eigenvalue weighted by molar-refractivity contribution is 5.67. The van der Waals surface area contributed by atoms with Gasteiger partial charge in [0.15, 0.2) is 0 Å². The van der Waals surface area contributed by atoms with Gasteiger partial charge in [-0.3, -0.25) is 4.79 Å². The van der Waals surface area contributed by atoms with Gasteiger partial charge < -0.3 is 10.0 Å². The second-order valence-corrected chi connectivity index (χ2v) is 5.73. The van der Waals surface area contributed by atoms with Crippen LogP contribution in [-0.2, 0) is 4.79 Å². The lowest BCUT2D eigenvalue weighted by Gasteiger charge is -2.35. The first-order valence-electron chi connectivity index (χ1n) is 7.22. The van der Waals surface area contributed by atoms with E-state index in [2.05, 4.69) is 20.9 Å². The number of aromatic nitrogens is 2. The Morgan fingerprint density at radius 3 is 3.05 bits per heavy atom. The lowest BCUT2D eigenvalue weighted by molar-refractivity contribution is -0.138. The van der Waals surface area contributed by atoms with Gasteiger partial charge in [0.05, 0.1) is 0 Å². The zero-order chi connectivity index (χ0) is 15.4. The molecule has 0 spiro atoms. The average molecular weight is 288 g/mol. The third-order valence-corrected chi connectivity index (χ3v) is 4.00. The summed E-state index contributed by atoms with van der Waals surface area (Å²) in [7, 11) is 0. The summed E-state index contributed by atoms with van der Waals surface area (Å²) in [6.45, 7) is 5.44. The number of rotatable bonds is 4. The minimum Gasteiger partial charge on any atom is -0.481 e. The van der Waals surface area contributed by atoms with Gasteiger partial charge in [-0.05, 0) is 37.7 Å². The van der Waals surface area contributed by atoms with Crippen LogP contribution in [0.15, 0.2) is 6.07 Å². The number of carbonyl (C=O) groups is 1. The molecule has 2 rings (SSSR count). The maximum atomic E-state index is 10.9. The second-order valence-electron chi connectivity index (χ2n) is 5.73. The fraction of sp³-hybridized carbons (Fsp3) is 0.600. The normalized spacial score (nSPS) is 19.9. The fourth-order valence-electron chi connectivity index (χ4n) is 2.85. The van der Waals surface area contributed by atoms with E-state index in [-0.39, 0.29) is 12.3 Å². The quantitative estimate of drug-likeness (QED) is 0.911. The molecule has 1 N–H and O–H groups in total. The SMILES string of the molecule is Cc1cc(C#N)nc(N2CCCC(C(C)CC(=O)O)C2)n1. The molecule has 0 radical (unpaired) electrons. The van der Waals surface area contributed by atoms with Crippen molar-refractivity contribution >= 4 is 11.9 Å². The number of hydrogen-bond donors (Lipinski definition) is 1. The number of nitrogens with zero attached hydrogens (tertiary/aromatic N) is 4. The molecule has 112 valence electrons. The molecule has 2 atom stereocenters. The van der Waals surface area contributed by atoms with Crippen molar-refractivity contribution in [1.29, 1.82) is 5.26 Å². The Morgan fingerprint density at radius 2 is 2.38 bits per heavy atom. The molecule has 1 saturated heterocycles. The highest BCUT2D eigenvalue weighted by Gasteiger charge is 2.27. The van der Waals surface area contributed by atoms with Gasteiger partial charge in [-0.1, -0.05) is 6.92 Å². The third-order valence-electron chi connectivity index (χ3n) is 4.00. The Kier molecular flexibility index (Phi) is 4.73. The lowest BCUT2D eigenvalue weighted by Crippen LogP contribution is -2.39. The lowest BCUT2D eigenvalue weighted by atomic mass is 9.85. The second kappa shape index (κ2) is 6.53. The molecule has 0 aliphatic carbocycles. The average Bonchev–Trinajstić information content (AvgIpc) is 2.46. The van der Waals surface area contributed by atoms with Crippen molar-refractivity contribution in [3.63, 3.8) is 0 Å². The van der Waals surface area contributed by atoms with Crippen LogP contribution >= 0.6 is 0 Å². The standard InChI is InChI=1S/C15H20N4O2/c1-10(6-14(20)21)12-4-3-5-19(9-12)15-17-11(2)7-13(8-16)18-15/h7,10,12H,3-6,9H2,1-2H3,(H,20,21). The smallest absolute Gasteiger partial charge is 0.303 e. The van der Waals surface area contributed by atoms with Crippen molar-refractivity contribution in [2.75, 3.05) is 18.0 Å². The zero-order valence-corrected chi connectivity index (χ0v) is 12.4. The first-order valence-corrected chi connectivity index (χ1v) is 7.22. The molecule has 0 saturated carbocycles. The zero-order valence-electron chi connectivity index (χ0n) is 12.4. The van der Waals surface area contributed by atoms with Crippen LogP contribution in [0.2, 0.25) is 0 Å². The van der Waals surface area contributed by atoms with Gasteiger partial charge in [0.1, 0.15) is 11.8 Å². The third kappa shape index (κ3) is 3.91. The summed E-state index contributed by atoms with van der Waals surface area (Å²) < 4.78 is 0. The van der Waals surface area contributed by atoms with Crippen LogP contribution in [-0.4, -0.2) is 34.1 Å². The van der Waals surface area contributed by atoms with Crippen molar-refractivity contribution in [1.82, 2.24) is 9.97 Å². The summed E-state index contributed by atoms with van der Waals surface area (Å²) in [5.41, 5.74) is 1.15. The Bertz CT molecular complexity index is 567. The van der Waals surface area contributed by atoms with Gasteiger partial charge in [-0.2, -0.15) is 5.26 Å².